The van der Waals surface area contributed by atoms with Gasteiger partial charge in [0.2, 0.25) is 0 Å². The van der Waals surface area contributed by atoms with Crippen LogP contribution in [0.4, 0.5) is 0 Å². The van der Waals surface area contributed by atoms with Crippen LogP contribution in [0.1, 0.15) is 0 Å². The van der Waals surface area contributed by atoms with Gasteiger partial charge in [0.25, 0.3) is 0 Å². The Labute approximate surface area is 152 Å². The maximum absolute atomic E-state index is 6.23. The third kappa shape index (κ3) is 2.64. The van der Waals surface area contributed by atoms with E-state index in [9.17, 15) is 0 Å². The lowest BCUT2D eigenvalue weighted by molar-refractivity contribution is 1.49. The maximum Gasteiger partial charge on any atom is 0.187 e. The minimum Gasteiger partial charge on any atom is -0.130 e. The molecule has 4 heteroatoms. The lowest BCUT2D eigenvalue weighted by Crippen LogP contribution is -1.72. The predicted molar refractivity (Wildman–Crippen MR) is 107 cm³/mol. The largest absolute Gasteiger partial charge is 0.187 e. The van der Waals surface area contributed by atoms with Crippen LogP contribution in [0.2, 0.25) is 10.0 Å². The van der Waals surface area contributed by atoms with Gasteiger partial charge >= 0.3 is 0 Å². The number of fused-ring (bicyclic) bond motifs is 3. The second kappa shape index (κ2) is 6.03. The molecule has 0 spiro atoms. The minimum absolute atomic E-state index is 0.0939. The first-order valence-corrected chi connectivity index (χ1v) is 10.4. The van der Waals surface area contributed by atoms with E-state index in [1.807, 2.05) is 12.1 Å². The van der Waals surface area contributed by atoms with Crippen LogP contribution in [-0.4, -0.2) is 6.26 Å². The van der Waals surface area contributed by atoms with Crippen molar-refractivity contribution >= 4 is 65.6 Å². The van der Waals surface area contributed by atoms with Gasteiger partial charge in [0.15, 0.2) is 14.3 Å². The number of thioether (sulfide) groups is 1. The van der Waals surface area contributed by atoms with Crippen molar-refractivity contribution in [3.63, 3.8) is 0 Å². The topological polar surface area (TPSA) is 0 Å². The first-order valence-electron chi connectivity index (χ1n) is 7.15. The summed E-state index contributed by atoms with van der Waals surface area (Å²) in [5.41, 5.74) is 0. The van der Waals surface area contributed by atoms with Crippen molar-refractivity contribution in [1.29, 1.82) is 0 Å². The molecule has 0 N–H and O–H groups in total. The highest BCUT2D eigenvalue weighted by Gasteiger charge is 2.24. The summed E-state index contributed by atoms with van der Waals surface area (Å²) in [6.07, 6.45) is 2.10. The van der Waals surface area contributed by atoms with Gasteiger partial charge in [0.05, 0.1) is 0 Å². The molecule has 23 heavy (non-hydrogen) atoms. The molecule has 0 aliphatic rings. The number of thiophene rings is 1. The Hall–Kier alpha value is -1.19. The molecule has 0 unspecified atom stereocenters. The molecule has 114 valence electrons. The predicted octanol–water partition coefficient (Wildman–Crippen LogP) is 7.76. The molecule has 0 aliphatic heterocycles. The zero-order chi connectivity index (χ0) is 16.0. The van der Waals surface area contributed by atoms with E-state index in [4.69, 9.17) is 23.2 Å². The van der Waals surface area contributed by atoms with E-state index >= 15 is 0 Å². The lowest BCUT2D eigenvalue weighted by atomic mass is 10.1. The molecule has 0 bridgehead atoms. The van der Waals surface area contributed by atoms with Crippen LogP contribution in [0.25, 0.3) is 25.1 Å². The Morgan fingerprint density at radius 3 is 1.74 bits per heavy atom. The van der Waals surface area contributed by atoms with Gasteiger partial charge in [-0.3, -0.25) is 0 Å². The fraction of sp³-hybridized carbons (Fsp3) is 0.0526. The van der Waals surface area contributed by atoms with Crippen LogP contribution >= 0.6 is 45.4 Å². The second-order valence-corrected chi connectivity index (χ2v) is 8.98. The van der Waals surface area contributed by atoms with Crippen molar-refractivity contribution < 1.29 is 0 Å². The fourth-order valence-electron chi connectivity index (χ4n) is 2.87. The number of rotatable bonds is 2. The molecule has 0 amide bonds. The molecule has 1 aromatic heterocycles. The van der Waals surface area contributed by atoms with Gasteiger partial charge in [-0.2, -0.15) is 0 Å². The zero-order valence-electron chi connectivity index (χ0n) is 12.3. The molecule has 0 radical (unpaired) electrons. The molecule has 0 fully saturated rings. The minimum atomic E-state index is -0.0939. The summed E-state index contributed by atoms with van der Waals surface area (Å²) >= 11 is 14.2. The Bertz CT molecular complexity index is 958. The van der Waals surface area contributed by atoms with Crippen molar-refractivity contribution in [2.45, 2.75) is 4.90 Å². The van der Waals surface area contributed by atoms with Crippen molar-refractivity contribution in [2.75, 3.05) is 6.26 Å². The van der Waals surface area contributed by atoms with Crippen LogP contribution in [0.5, 0.6) is 0 Å². The van der Waals surface area contributed by atoms with E-state index < -0.39 is 0 Å². The first-order chi connectivity index (χ1) is 11.2. The van der Waals surface area contributed by atoms with E-state index in [1.54, 1.807) is 11.8 Å². The molecule has 0 saturated heterocycles. The third-order valence-corrected chi connectivity index (χ3v) is 7.46. The number of benzene rings is 3. The van der Waals surface area contributed by atoms with Crippen LogP contribution in [0.15, 0.2) is 65.6 Å². The Kier molecular flexibility index (Phi) is 4.02. The summed E-state index contributed by atoms with van der Waals surface area (Å²) < 4.78 is 2.65. The van der Waals surface area contributed by atoms with Crippen molar-refractivity contribution in [1.82, 2.24) is 0 Å². The van der Waals surface area contributed by atoms with Crippen LogP contribution in [0, 0.1) is 0 Å². The van der Waals surface area contributed by atoms with Gasteiger partial charge in [-0.05, 0) is 54.8 Å². The van der Waals surface area contributed by atoms with Crippen molar-refractivity contribution in [3.05, 3.63) is 70.7 Å². The lowest BCUT2D eigenvalue weighted by Gasteiger charge is -1.96. The van der Waals surface area contributed by atoms with Gasteiger partial charge in [0, 0.05) is 48.3 Å². The zero-order valence-corrected chi connectivity index (χ0v) is 15.5. The highest BCUT2D eigenvalue weighted by Crippen LogP contribution is 2.49. The molecule has 4 aromatic rings. The van der Waals surface area contributed by atoms with Crippen LogP contribution < -0.4 is 0 Å². The van der Waals surface area contributed by atoms with E-state index in [2.05, 4.69) is 54.8 Å². The molecule has 0 saturated carbocycles. The van der Waals surface area contributed by atoms with Gasteiger partial charge in [-0.1, -0.05) is 23.2 Å². The summed E-state index contributed by atoms with van der Waals surface area (Å²) in [4.78, 5) is 2.61. The number of hydrogen-bond acceptors (Lipinski definition) is 1. The molecule has 4 rings (SSSR count). The van der Waals surface area contributed by atoms with E-state index in [-0.39, 0.29) is 10.5 Å². The average Bonchev–Trinajstić information content (AvgIpc) is 2.88. The van der Waals surface area contributed by atoms with Gasteiger partial charge in [-0.25, -0.2) is 0 Å². The van der Waals surface area contributed by atoms with Crippen molar-refractivity contribution in [2.24, 2.45) is 0 Å². The van der Waals surface area contributed by atoms with Crippen LogP contribution in [0.3, 0.4) is 0 Å². The van der Waals surface area contributed by atoms with Gasteiger partial charge in [-0.15, -0.1) is 11.8 Å². The Morgan fingerprint density at radius 1 is 0.739 bits per heavy atom. The molecule has 0 aliphatic carbocycles. The second-order valence-electron chi connectivity index (χ2n) is 5.26. The summed E-state index contributed by atoms with van der Waals surface area (Å²) in [6.45, 7) is 0. The molecule has 0 nitrogen and oxygen atoms in total. The molecule has 0 atom stereocenters. The number of halogens is 2. The van der Waals surface area contributed by atoms with Gasteiger partial charge in [0.1, 0.15) is 0 Å². The Morgan fingerprint density at radius 2 is 1.26 bits per heavy atom. The normalized spacial score (nSPS) is 11.4. The fourth-order valence-corrected chi connectivity index (χ4v) is 5.96. The van der Waals surface area contributed by atoms with Gasteiger partial charge < -0.3 is 0 Å². The highest BCUT2D eigenvalue weighted by atomic mass is 35.5. The highest BCUT2D eigenvalue weighted by molar-refractivity contribution is 7.98. The Balaban J connectivity index is 2.10. The summed E-state index contributed by atoms with van der Waals surface area (Å²) in [7, 11) is -0.0939. The molecule has 1 heterocycles. The van der Waals surface area contributed by atoms with E-state index in [1.165, 1.54) is 30.0 Å². The van der Waals surface area contributed by atoms with Crippen molar-refractivity contribution in [3.8, 4) is 4.90 Å². The molecule has 3 aromatic carbocycles. The summed E-state index contributed by atoms with van der Waals surface area (Å²) in [5, 5.41) is 3.93. The maximum atomic E-state index is 6.23. The summed E-state index contributed by atoms with van der Waals surface area (Å²) in [5.74, 6) is 0. The van der Waals surface area contributed by atoms with E-state index in [0.717, 1.165) is 10.0 Å². The number of hydrogen-bond donors (Lipinski definition) is 0. The SMILES string of the molecule is CSc1ccc(-[s+]2c3ccc(Cl)cc3c3cc(Cl)ccc32)cc1. The first kappa shape index (κ1) is 15.3. The quantitative estimate of drug-likeness (QED) is 0.254. The monoisotopic (exact) mass is 375 g/mol. The smallest absolute Gasteiger partial charge is 0.130 e. The molecular weight excluding hydrogens is 363 g/mol. The summed E-state index contributed by atoms with van der Waals surface area (Å²) in [6, 6.07) is 21.2. The average molecular weight is 376 g/mol. The van der Waals surface area contributed by atoms with Crippen LogP contribution in [-0.2, 0) is 0 Å². The standard InChI is InChI=1S/C19H13Cl2S2/c1-22-14-4-6-15(7-5-14)23-18-8-2-12(20)10-16(18)17-11-13(21)3-9-19(17)23/h2-11H,1H3/q+1. The molecular formula is C19H13Cl2S2+. The van der Waals surface area contributed by atoms with E-state index in [0.29, 0.717) is 0 Å². The third-order valence-electron chi connectivity index (χ3n) is 3.91.